The Labute approximate surface area is 90.9 Å². The van der Waals surface area contributed by atoms with Gasteiger partial charge in [0.25, 0.3) is 0 Å². The van der Waals surface area contributed by atoms with Gasteiger partial charge in [-0.25, -0.2) is 0 Å². The lowest BCUT2D eigenvalue weighted by Gasteiger charge is -2.27. The number of likely N-dealkylation sites (tertiary alicyclic amines) is 1. The van der Waals surface area contributed by atoms with Gasteiger partial charge in [-0.3, -0.25) is 0 Å². The molecule has 0 atom stereocenters. The second kappa shape index (κ2) is 8.28. The average Bonchev–Trinajstić information content (AvgIpc) is 2.03. The molecule has 0 aromatic rings. The first-order chi connectivity index (χ1) is 6.52. The Balaban J connectivity index is 0.000000364. The summed E-state index contributed by atoms with van der Waals surface area (Å²) in [6, 6.07) is 0. The second-order valence-electron chi connectivity index (χ2n) is 5.49. The first-order valence-corrected chi connectivity index (χ1v) is 6.24. The zero-order chi connectivity index (χ0) is 11.0. The van der Waals surface area contributed by atoms with E-state index >= 15 is 0 Å². The maximum Gasteiger partial charge on any atom is 0.000438 e. The number of rotatable bonds is 2. The summed E-state index contributed by atoms with van der Waals surface area (Å²) in [5.74, 6) is 1.68. The summed E-state index contributed by atoms with van der Waals surface area (Å²) in [6.45, 7) is 15.1. The third-order valence-corrected chi connectivity index (χ3v) is 2.07. The average molecular weight is 199 g/mol. The second-order valence-corrected chi connectivity index (χ2v) is 5.49. The Hall–Kier alpha value is -0.0400. The third kappa shape index (κ3) is 10.0. The van der Waals surface area contributed by atoms with E-state index in [1.807, 2.05) is 0 Å². The van der Waals surface area contributed by atoms with Crippen LogP contribution in [0, 0.1) is 11.8 Å². The summed E-state index contributed by atoms with van der Waals surface area (Å²) in [5.41, 5.74) is 0. The van der Waals surface area contributed by atoms with E-state index < -0.39 is 0 Å². The van der Waals surface area contributed by atoms with Crippen molar-refractivity contribution in [3.8, 4) is 0 Å². The Kier molecular flexibility index (Phi) is 8.26. The molecule has 0 aromatic heterocycles. The van der Waals surface area contributed by atoms with Crippen LogP contribution in [0.25, 0.3) is 0 Å². The molecule has 1 heteroatoms. The van der Waals surface area contributed by atoms with Crippen LogP contribution in [0.5, 0.6) is 0 Å². The first-order valence-electron chi connectivity index (χ1n) is 6.24. The van der Waals surface area contributed by atoms with Crippen molar-refractivity contribution >= 4 is 0 Å². The van der Waals surface area contributed by atoms with Crippen LogP contribution in [0.2, 0.25) is 0 Å². The van der Waals surface area contributed by atoms with Crippen LogP contribution < -0.4 is 0 Å². The maximum absolute atomic E-state index is 2.59. The minimum atomic E-state index is 0.833. The highest BCUT2D eigenvalue weighted by molar-refractivity contribution is 4.65. The van der Waals surface area contributed by atoms with E-state index in [4.69, 9.17) is 0 Å². The summed E-state index contributed by atoms with van der Waals surface area (Å²) in [6.07, 6.45) is 4.30. The first kappa shape index (κ1) is 14.0. The van der Waals surface area contributed by atoms with Gasteiger partial charge in [0.2, 0.25) is 0 Å². The van der Waals surface area contributed by atoms with Crippen molar-refractivity contribution in [3.63, 3.8) is 0 Å². The molecule has 1 fully saturated rings. The molecule has 1 saturated heterocycles. The molecule has 1 aliphatic heterocycles. The van der Waals surface area contributed by atoms with E-state index in [-0.39, 0.29) is 0 Å². The van der Waals surface area contributed by atoms with Crippen molar-refractivity contribution < 1.29 is 0 Å². The van der Waals surface area contributed by atoms with Gasteiger partial charge in [0.05, 0.1) is 0 Å². The van der Waals surface area contributed by atoms with Crippen molar-refractivity contribution in [2.75, 3.05) is 19.6 Å². The fraction of sp³-hybridized carbons (Fsp3) is 1.00. The fourth-order valence-electron chi connectivity index (χ4n) is 1.66. The molecule has 0 N–H and O–H groups in total. The van der Waals surface area contributed by atoms with Crippen LogP contribution in [0.1, 0.15) is 53.9 Å². The molecule has 0 bridgehead atoms. The Morgan fingerprint density at radius 2 is 1.29 bits per heavy atom. The van der Waals surface area contributed by atoms with E-state index in [0.717, 1.165) is 11.8 Å². The normalized spacial score (nSPS) is 18.2. The molecule has 0 spiro atoms. The molecule has 14 heavy (non-hydrogen) atoms. The third-order valence-electron chi connectivity index (χ3n) is 2.07. The quantitative estimate of drug-likeness (QED) is 0.654. The highest BCUT2D eigenvalue weighted by Gasteiger charge is 2.10. The van der Waals surface area contributed by atoms with Gasteiger partial charge < -0.3 is 4.90 Å². The van der Waals surface area contributed by atoms with E-state index in [1.165, 1.54) is 38.9 Å². The van der Waals surface area contributed by atoms with Gasteiger partial charge in [0.1, 0.15) is 0 Å². The molecular weight excluding hydrogens is 170 g/mol. The lowest BCUT2D eigenvalue weighted by atomic mass is 10.1. The van der Waals surface area contributed by atoms with Gasteiger partial charge in [-0.15, -0.1) is 0 Å². The molecule has 0 aliphatic carbocycles. The lowest BCUT2D eigenvalue weighted by molar-refractivity contribution is 0.206. The van der Waals surface area contributed by atoms with Gasteiger partial charge in [0, 0.05) is 6.54 Å². The number of hydrogen-bond donors (Lipinski definition) is 0. The van der Waals surface area contributed by atoms with Crippen LogP contribution >= 0.6 is 0 Å². The van der Waals surface area contributed by atoms with Crippen molar-refractivity contribution in [2.24, 2.45) is 11.8 Å². The highest BCUT2D eigenvalue weighted by Crippen LogP contribution is 2.09. The Morgan fingerprint density at radius 3 is 1.64 bits per heavy atom. The molecule has 0 radical (unpaired) electrons. The van der Waals surface area contributed by atoms with Gasteiger partial charge in [0.15, 0.2) is 0 Å². The molecule has 1 heterocycles. The molecule has 0 saturated carbocycles. The minimum absolute atomic E-state index is 0.833. The summed E-state index contributed by atoms with van der Waals surface area (Å²) in [7, 11) is 0. The smallest absolute Gasteiger partial charge is 0.000438 e. The van der Waals surface area contributed by atoms with Crippen LogP contribution in [0.15, 0.2) is 0 Å². The predicted molar refractivity (Wildman–Crippen MR) is 65.6 cm³/mol. The van der Waals surface area contributed by atoms with Crippen LogP contribution in [0.4, 0.5) is 0 Å². The summed E-state index contributed by atoms with van der Waals surface area (Å²) in [4.78, 5) is 2.59. The highest BCUT2D eigenvalue weighted by atomic mass is 15.1. The molecule has 86 valence electrons. The van der Waals surface area contributed by atoms with Gasteiger partial charge in [-0.2, -0.15) is 0 Å². The molecule has 1 aliphatic rings. The Morgan fingerprint density at radius 1 is 0.857 bits per heavy atom. The van der Waals surface area contributed by atoms with Crippen molar-refractivity contribution in [3.05, 3.63) is 0 Å². The fourth-order valence-corrected chi connectivity index (χ4v) is 1.66. The minimum Gasteiger partial charge on any atom is -0.303 e. The summed E-state index contributed by atoms with van der Waals surface area (Å²) < 4.78 is 0. The van der Waals surface area contributed by atoms with Crippen molar-refractivity contribution in [2.45, 2.75) is 53.9 Å². The molecule has 0 unspecified atom stereocenters. The summed E-state index contributed by atoms with van der Waals surface area (Å²) >= 11 is 0. The number of nitrogens with zero attached hydrogens (tertiary/aromatic N) is 1. The van der Waals surface area contributed by atoms with E-state index in [1.54, 1.807) is 0 Å². The van der Waals surface area contributed by atoms with Crippen molar-refractivity contribution in [1.29, 1.82) is 0 Å². The Bertz CT molecular complexity index is 110. The number of piperidine rings is 1. The largest absolute Gasteiger partial charge is 0.303 e. The molecule has 1 rings (SSSR count). The summed E-state index contributed by atoms with van der Waals surface area (Å²) in [5, 5.41) is 0. The zero-order valence-electron chi connectivity index (χ0n) is 10.8. The molecule has 0 aromatic carbocycles. The SMILES string of the molecule is CC(C)C.CC(C)CN1CCCCC1. The predicted octanol–water partition coefficient (Wildman–Crippen LogP) is 3.79. The van der Waals surface area contributed by atoms with Gasteiger partial charge in [-0.05, 0) is 37.8 Å². The monoisotopic (exact) mass is 199 g/mol. The lowest BCUT2D eigenvalue weighted by Crippen LogP contribution is -2.32. The standard InChI is InChI=1S/C9H19N.C4H10/c1-9(2)8-10-6-4-3-5-7-10;1-4(2)3/h9H,3-8H2,1-2H3;4H,1-3H3. The van der Waals surface area contributed by atoms with Crippen molar-refractivity contribution in [1.82, 2.24) is 4.90 Å². The zero-order valence-corrected chi connectivity index (χ0v) is 10.8. The maximum atomic E-state index is 2.59. The van der Waals surface area contributed by atoms with Crippen LogP contribution in [0.3, 0.4) is 0 Å². The van der Waals surface area contributed by atoms with E-state index in [0.29, 0.717) is 0 Å². The number of hydrogen-bond acceptors (Lipinski definition) is 1. The molecule has 1 nitrogen and oxygen atoms in total. The molecular formula is C13H29N. The van der Waals surface area contributed by atoms with Gasteiger partial charge >= 0.3 is 0 Å². The van der Waals surface area contributed by atoms with E-state index in [9.17, 15) is 0 Å². The topological polar surface area (TPSA) is 3.24 Å². The van der Waals surface area contributed by atoms with Crippen LogP contribution in [-0.2, 0) is 0 Å². The molecule has 0 amide bonds. The van der Waals surface area contributed by atoms with Gasteiger partial charge in [-0.1, -0.05) is 41.0 Å². The van der Waals surface area contributed by atoms with E-state index in [2.05, 4.69) is 39.5 Å². The van der Waals surface area contributed by atoms with Crippen LogP contribution in [-0.4, -0.2) is 24.5 Å².